The third-order valence-corrected chi connectivity index (χ3v) is 5.26. The highest BCUT2D eigenvalue weighted by atomic mass is 32.1. The van der Waals surface area contributed by atoms with Crippen LogP contribution in [-0.4, -0.2) is 25.7 Å². The number of para-hydroxylation sites is 1. The summed E-state index contributed by atoms with van der Waals surface area (Å²) in [4.78, 5) is 22.9. The Morgan fingerprint density at radius 2 is 1.66 bits per heavy atom. The molecule has 1 amide bonds. The van der Waals surface area contributed by atoms with E-state index in [-0.39, 0.29) is 5.91 Å². The fourth-order valence-electron chi connectivity index (χ4n) is 3.00. The minimum atomic E-state index is -0.239. The second-order valence-corrected chi connectivity index (χ2v) is 7.28. The second kappa shape index (κ2) is 7.29. The molecular weight excluding hydrogens is 382 g/mol. The molecule has 0 unspecified atom stereocenters. The summed E-state index contributed by atoms with van der Waals surface area (Å²) >= 11 is 1.55. The molecule has 7 heteroatoms. The summed E-state index contributed by atoms with van der Waals surface area (Å²) in [5, 5.41) is 9.51. The van der Waals surface area contributed by atoms with Gasteiger partial charge in [-0.2, -0.15) is 5.10 Å². The zero-order chi connectivity index (χ0) is 19.6. The Hall–Kier alpha value is -3.84. The fourth-order valence-corrected chi connectivity index (χ4v) is 3.66. The predicted octanol–water partition coefficient (Wildman–Crippen LogP) is 4.80. The van der Waals surface area contributed by atoms with Crippen molar-refractivity contribution in [3.8, 4) is 16.4 Å². The minimum absolute atomic E-state index is 0.239. The van der Waals surface area contributed by atoms with Crippen molar-refractivity contribution in [2.75, 3.05) is 5.32 Å². The van der Waals surface area contributed by atoms with Crippen LogP contribution in [-0.2, 0) is 0 Å². The first-order valence-electron chi connectivity index (χ1n) is 9.01. The third-order valence-electron chi connectivity index (χ3n) is 4.39. The molecule has 0 atom stereocenters. The molecule has 2 aromatic carbocycles. The van der Waals surface area contributed by atoms with Gasteiger partial charge in [0.2, 0.25) is 0 Å². The topological polar surface area (TPSA) is 72.7 Å². The summed E-state index contributed by atoms with van der Waals surface area (Å²) in [6.07, 6.45) is 1.85. The number of hydrogen-bond acceptors (Lipinski definition) is 5. The lowest BCUT2D eigenvalue weighted by Gasteiger charge is -2.06. The predicted molar refractivity (Wildman–Crippen MR) is 114 cm³/mol. The van der Waals surface area contributed by atoms with E-state index in [2.05, 4.69) is 20.4 Å². The standard InChI is InChI=1S/C22H15N5OS/c28-22(15-8-3-1-4-9-15)25-21-19-17(23-20(24-21)18-12-7-13-29-18)14-27(26-19)16-10-5-2-6-11-16/h1-14H,(H,23,24,25,28). The smallest absolute Gasteiger partial charge is 0.256 e. The molecule has 29 heavy (non-hydrogen) atoms. The van der Waals surface area contributed by atoms with Crippen molar-refractivity contribution in [3.63, 3.8) is 0 Å². The van der Waals surface area contributed by atoms with E-state index in [1.807, 2.05) is 72.2 Å². The van der Waals surface area contributed by atoms with Crippen LogP contribution in [0.5, 0.6) is 0 Å². The number of aromatic nitrogens is 4. The molecule has 3 aromatic heterocycles. The molecule has 0 aliphatic rings. The van der Waals surface area contributed by atoms with Crippen LogP contribution in [0.2, 0.25) is 0 Å². The molecular formula is C22H15N5OS. The lowest BCUT2D eigenvalue weighted by Crippen LogP contribution is -2.14. The molecule has 0 fully saturated rings. The van der Waals surface area contributed by atoms with Gasteiger partial charge in [0.25, 0.3) is 5.91 Å². The highest BCUT2D eigenvalue weighted by molar-refractivity contribution is 7.13. The van der Waals surface area contributed by atoms with Crippen LogP contribution in [0.4, 0.5) is 5.82 Å². The zero-order valence-corrected chi connectivity index (χ0v) is 16.0. The maximum atomic E-state index is 12.7. The van der Waals surface area contributed by atoms with Crippen LogP contribution in [0.1, 0.15) is 10.4 Å². The van der Waals surface area contributed by atoms with Gasteiger partial charge in [-0.15, -0.1) is 11.3 Å². The van der Waals surface area contributed by atoms with Crippen LogP contribution in [0.3, 0.4) is 0 Å². The van der Waals surface area contributed by atoms with Crippen LogP contribution in [0.25, 0.3) is 27.4 Å². The number of nitrogens with zero attached hydrogens (tertiary/aromatic N) is 4. The van der Waals surface area contributed by atoms with Crippen molar-refractivity contribution in [2.45, 2.75) is 0 Å². The molecule has 1 N–H and O–H groups in total. The first-order chi connectivity index (χ1) is 14.3. The van der Waals surface area contributed by atoms with Crippen molar-refractivity contribution in [1.82, 2.24) is 19.7 Å². The largest absolute Gasteiger partial charge is 0.305 e. The summed E-state index contributed by atoms with van der Waals surface area (Å²) in [5.74, 6) is 0.711. The summed E-state index contributed by atoms with van der Waals surface area (Å²) in [6.45, 7) is 0. The highest BCUT2D eigenvalue weighted by Gasteiger charge is 2.17. The molecule has 3 heterocycles. The van der Waals surface area contributed by atoms with Gasteiger partial charge in [-0.05, 0) is 35.7 Å². The van der Waals surface area contributed by atoms with Crippen molar-refractivity contribution >= 4 is 34.1 Å². The van der Waals surface area contributed by atoms with E-state index < -0.39 is 0 Å². The molecule has 0 radical (unpaired) electrons. The molecule has 0 aliphatic heterocycles. The lowest BCUT2D eigenvalue weighted by molar-refractivity contribution is 0.102. The number of anilines is 1. The Kier molecular flexibility index (Phi) is 4.34. The van der Waals surface area contributed by atoms with Gasteiger partial charge in [-0.3, -0.25) is 4.79 Å². The number of rotatable bonds is 4. The second-order valence-electron chi connectivity index (χ2n) is 6.34. The lowest BCUT2D eigenvalue weighted by atomic mass is 10.2. The number of amides is 1. The van der Waals surface area contributed by atoms with Gasteiger partial charge in [0.05, 0.1) is 16.8 Å². The Balaban J connectivity index is 1.63. The number of fused-ring (bicyclic) bond motifs is 1. The summed E-state index contributed by atoms with van der Waals surface area (Å²) in [6, 6.07) is 22.7. The molecule has 0 bridgehead atoms. The van der Waals surface area contributed by atoms with Gasteiger partial charge < -0.3 is 5.32 Å². The number of hydrogen-bond donors (Lipinski definition) is 1. The van der Waals surface area contributed by atoms with E-state index >= 15 is 0 Å². The van der Waals surface area contributed by atoms with E-state index in [0.717, 1.165) is 10.6 Å². The molecule has 6 nitrogen and oxygen atoms in total. The zero-order valence-electron chi connectivity index (χ0n) is 15.2. The van der Waals surface area contributed by atoms with Crippen LogP contribution >= 0.6 is 11.3 Å². The normalized spacial score (nSPS) is 10.9. The van der Waals surface area contributed by atoms with E-state index in [1.165, 1.54) is 0 Å². The monoisotopic (exact) mass is 397 g/mol. The average Bonchev–Trinajstić information content (AvgIpc) is 3.45. The molecule has 0 spiro atoms. The van der Waals surface area contributed by atoms with E-state index in [1.54, 1.807) is 28.2 Å². The number of nitrogens with one attached hydrogen (secondary N) is 1. The summed E-state index contributed by atoms with van der Waals surface area (Å²) in [5.41, 5.74) is 2.66. The molecule has 5 aromatic rings. The van der Waals surface area contributed by atoms with Crippen LogP contribution < -0.4 is 5.32 Å². The summed E-state index contributed by atoms with van der Waals surface area (Å²) < 4.78 is 1.75. The Labute approximate surface area is 170 Å². The van der Waals surface area contributed by atoms with Crippen molar-refractivity contribution in [1.29, 1.82) is 0 Å². The van der Waals surface area contributed by atoms with Crippen molar-refractivity contribution < 1.29 is 4.79 Å². The average molecular weight is 397 g/mol. The number of benzene rings is 2. The Morgan fingerprint density at radius 3 is 2.38 bits per heavy atom. The fraction of sp³-hybridized carbons (Fsp3) is 0. The van der Waals surface area contributed by atoms with E-state index in [0.29, 0.717) is 28.2 Å². The Morgan fingerprint density at radius 1 is 0.897 bits per heavy atom. The number of thiophene rings is 1. The summed E-state index contributed by atoms with van der Waals surface area (Å²) in [7, 11) is 0. The third kappa shape index (κ3) is 3.39. The van der Waals surface area contributed by atoms with E-state index in [9.17, 15) is 4.79 Å². The highest BCUT2D eigenvalue weighted by Crippen LogP contribution is 2.27. The van der Waals surface area contributed by atoms with Crippen molar-refractivity contribution in [3.05, 3.63) is 89.9 Å². The van der Waals surface area contributed by atoms with Gasteiger partial charge in [0, 0.05) is 5.56 Å². The van der Waals surface area contributed by atoms with Gasteiger partial charge in [0.15, 0.2) is 17.2 Å². The quantitative estimate of drug-likeness (QED) is 0.473. The molecule has 0 saturated carbocycles. The molecule has 0 saturated heterocycles. The number of carbonyl (C=O) groups excluding carboxylic acids is 1. The maximum Gasteiger partial charge on any atom is 0.256 e. The van der Waals surface area contributed by atoms with E-state index in [4.69, 9.17) is 0 Å². The number of carbonyl (C=O) groups is 1. The molecule has 5 rings (SSSR count). The minimum Gasteiger partial charge on any atom is -0.305 e. The van der Waals surface area contributed by atoms with Gasteiger partial charge in [-0.25, -0.2) is 14.6 Å². The van der Waals surface area contributed by atoms with Gasteiger partial charge in [0.1, 0.15) is 5.52 Å². The van der Waals surface area contributed by atoms with Gasteiger partial charge >= 0.3 is 0 Å². The first kappa shape index (κ1) is 17.3. The maximum absolute atomic E-state index is 12.7. The van der Waals surface area contributed by atoms with Crippen LogP contribution in [0.15, 0.2) is 84.4 Å². The Bertz CT molecular complexity index is 1280. The SMILES string of the molecule is O=C(Nc1nc(-c2cccs2)nc2cn(-c3ccccc3)nc12)c1ccccc1. The molecule has 0 aliphatic carbocycles. The van der Waals surface area contributed by atoms with Crippen LogP contribution in [0, 0.1) is 0 Å². The van der Waals surface area contributed by atoms with Gasteiger partial charge in [-0.1, -0.05) is 42.5 Å². The van der Waals surface area contributed by atoms with Crippen molar-refractivity contribution in [2.24, 2.45) is 0 Å². The first-order valence-corrected chi connectivity index (χ1v) is 9.89. The molecule has 140 valence electrons.